The molecule has 3 heterocycles. The predicted molar refractivity (Wildman–Crippen MR) is 80.5 cm³/mol. The lowest BCUT2D eigenvalue weighted by Crippen LogP contribution is -2.47. The Hall–Kier alpha value is -1.48. The minimum absolute atomic E-state index is 0.0168. The molecule has 0 amide bonds. The fourth-order valence-corrected chi connectivity index (χ4v) is 3.23. The van der Waals surface area contributed by atoms with E-state index in [1.807, 2.05) is 13.8 Å². The highest BCUT2D eigenvalue weighted by atomic mass is 16.7. The van der Waals surface area contributed by atoms with Gasteiger partial charge in [0, 0.05) is 18.9 Å². The molecular formula is C15H22N2O6. The Morgan fingerprint density at radius 1 is 1.48 bits per heavy atom. The zero-order chi connectivity index (χ0) is 16.8. The van der Waals surface area contributed by atoms with E-state index in [-0.39, 0.29) is 12.2 Å². The van der Waals surface area contributed by atoms with E-state index in [4.69, 9.17) is 18.9 Å². The first kappa shape index (κ1) is 16.4. The van der Waals surface area contributed by atoms with Gasteiger partial charge < -0.3 is 18.9 Å². The molecule has 2 fully saturated rings. The Kier molecular flexibility index (Phi) is 4.18. The summed E-state index contributed by atoms with van der Waals surface area (Å²) >= 11 is 0. The molecule has 2 aliphatic heterocycles. The molecule has 0 aromatic carbocycles. The van der Waals surface area contributed by atoms with E-state index in [1.54, 1.807) is 14.0 Å². The van der Waals surface area contributed by atoms with Gasteiger partial charge in [0.05, 0.1) is 19.3 Å². The third-order valence-electron chi connectivity index (χ3n) is 4.20. The number of H-pyrrole nitrogens is 1. The SMILES string of the molecule is COC[C@@]12COC([C@H](n3cc(C)c(=O)[nH]c3=O)O1)[C@@H]2OC(C)C. The van der Waals surface area contributed by atoms with Crippen LogP contribution in [0.2, 0.25) is 0 Å². The summed E-state index contributed by atoms with van der Waals surface area (Å²) in [7, 11) is 1.58. The molecule has 2 saturated heterocycles. The number of hydrogen-bond acceptors (Lipinski definition) is 6. The summed E-state index contributed by atoms with van der Waals surface area (Å²) in [6.45, 7) is 6.15. The molecule has 0 radical (unpaired) electrons. The van der Waals surface area contributed by atoms with Crippen LogP contribution in [0.25, 0.3) is 0 Å². The van der Waals surface area contributed by atoms with Gasteiger partial charge >= 0.3 is 5.69 Å². The van der Waals surface area contributed by atoms with E-state index in [9.17, 15) is 9.59 Å². The summed E-state index contributed by atoms with van der Waals surface area (Å²) in [4.78, 5) is 26.0. The molecule has 0 aliphatic carbocycles. The van der Waals surface area contributed by atoms with Crippen molar-refractivity contribution in [2.45, 2.75) is 50.9 Å². The molecule has 8 nitrogen and oxygen atoms in total. The van der Waals surface area contributed by atoms with Crippen LogP contribution in [0.1, 0.15) is 25.6 Å². The average molecular weight is 326 g/mol. The maximum Gasteiger partial charge on any atom is 0.330 e. The summed E-state index contributed by atoms with van der Waals surface area (Å²) in [5, 5.41) is 0. The van der Waals surface area contributed by atoms with Crippen LogP contribution in [0.15, 0.2) is 15.8 Å². The van der Waals surface area contributed by atoms with Gasteiger partial charge in [-0.1, -0.05) is 0 Å². The number of nitrogens with zero attached hydrogens (tertiary/aromatic N) is 1. The van der Waals surface area contributed by atoms with E-state index < -0.39 is 29.2 Å². The summed E-state index contributed by atoms with van der Waals surface area (Å²) in [5.41, 5.74) is -1.26. The van der Waals surface area contributed by atoms with E-state index in [1.165, 1.54) is 10.8 Å². The largest absolute Gasteiger partial charge is 0.381 e. The van der Waals surface area contributed by atoms with Crippen molar-refractivity contribution >= 4 is 0 Å². The second kappa shape index (κ2) is 5.86. The lowest BCUT2D eigenvalue weighted by molar-refractivity contribution is -0.193. The standard InChI is InChI=1S/C15H22N2O6/c1-8(2)22-11-10-13(23-15(11,6-20-4)7-21-10)17-5-9(3)12(18)16-14(17)19/h5,8,10-11,13H,6-7H2,1-4H3,(H,16,18,19)/t10?,11-,13+,15-/m0/s1. The number of rotatable bonds is 5. The van der Waals surface area contributed by atoms with Crippen molar-refractivity contribution in [3.63, 3.8) is 0 Å². The molecule has 1 aromatic rings. The topological polar surface area (TPSA) is 91.8 Å². The lowest BCUT2D eigenvalue weighted by atomic mass is 10.00. The quantitative estimate of drug-likeness (QED) is 0.816. The van der Waals surface area contributed by atoms with Crippen molar-refractivity contribution in [3.8, 4) is 0 Å². The van der Waals surface area contributed by atoms with Crippen molar-refractivity contribution in [1.82, 2.24) is 9.55 Å². The van der Waals surface area contributed by atoms with Crippen LogP contribution in [-0.4, -0.2) is 53.8 Å². The van der Waals surface area contributed by atoms with Crippen molar-refractivity contribution in [3.05, 3.63) is 32.6 Å². The molecule has 3 rings (SSSR count). The first-order valence-electron chi connectivity index (χ1n) is 7.64. The fraction of sp³-hybridized carbons (Fsp3) is 0.733. The second-order valence-corrected chi connectivity index (χ2v) is 6.37. The van der Waals surface area contributed by atoms with Crippen LogP contribution in [0.3, 0.4) is 0 Å². The van der Waals surface area contributed by atoms with Crippen LogP contribution in [0.5, 0.6) is 0 Å². The molecule has 128 valence electrons. The molecule has 1 unspecified atom stereocenters. The minimum atomic E-state index is -0.752. The maximum atomic E-state index is 12.1. The monoisotopic (exact) mass is 326 g/mol. The van der Waals surface area contributed by atoms with Crippen LogP contribution in [0.4, 0.5) is 0 Å². The zero-order valence-corrected chi connectivity index (χ0v) is 13.7. The predicted octanol–water partition coefficient (Wildman–Crippen LogP) is -0.0486. The van der Waals surface area contributed by atoms with Crippen LogP contribution >= 0.6 is 0 Å². The first-order chi connectivity index (χ1) is 10.9. The van der Waals surface area contributed by atoms with Gasteiger partial charge in [0.15, 0.2) is 6.23 Å². The van der Waals surface area contributed by atoms with E-state index >= 15 is 0 Å². The lowest BCUT2D eigenvalue weighted by Gasteiger charge is -2.31. The Morgan fingerprint density at radius 3 is 2.87 bits per heavy atom. The van der Waals surface area contributed by atoms with E-state index in [0.717, 1.165) is 0 Å². The Balaban J connectivity index is 1.99. The molecule has 2 aliphatic rings. The second-order valence-electron chi connectivity index (χ2n) is 6.37. The van der Waals surface area contributed by atoms with Crippen molar-refractivity contribution < 1.29 is 18.9 Å². The van der Waals surface area contributed by atoms with Crippen LogP contribution in [-0.2, 0) is 18.9 Å². The Labute approximate surface area is 133 Å². The van der Waals surface area contributed by atoms with E-state index in [2.05, 4.69) is 4.98 Å². The number of methoxy groups -OCH3 is 1. The number of aromatic nitrogens is 2. The Morgan fingerprint density at radius 2 is 2.22 bits per heavy atom. The van der Waals surface area contributed by atoms with Crippen molar-refractivity contribution in [2.24, 2.45) is 0 Å². The number of ether oxygens (including phenoxy) is 4. The smallest absolute Gasteiger partial charge is 0.330 e. The van der Waals surface area contributed by atoms with Gasteiger partial charge in [-0.15, -0.1) is 0 Å². The Bertz CT molecular complexity index is 696. The number of aromatic amines is 1. The molecule has 1 N–H and O–H groups in total. The van der Waals surface area contributed by atoms with Gasteiger partial charge in [0.1, 0.15) is 17.8 Å². The van der Waals surface area contributed by atoms with Crippen molar-refractivity contribution in [2.75, 3.05) is 20.3 Å². The highest BCUT2D eigenvalue weighted by molar-refractivity contribution is 5.10. The number of nitrogens with one attached hydrogen (secondary N) is 1. The first-order valence-corrected chi connectivity index (χ1v) is 7.64. The molecule has 8 heteroatoms. The van der Waals surface area contributed by atoms with Crippen LogP contribution in [0, 0.1) is 6.92 Å². The van der Waals surface area contributed by atoms with E-state index in [0.29, 0.717) is 18.8 Å². The van der Waals surface area contributed by atoms with Gasteiger partial charge in [-0.05, 0) is 20.8 Å². The number of aryl methyl sites for hydroxylation is 1. The molecule has 0 saturated carbocycles. The molecular weight excluding hydrogens is 304 g/mol. The third kappa shape index (κ3) is 2.65. The molecule has 0 spiro atoms. The molecule has 2 bridgehead atoms. The molecule has 1 aromatic heterocycles. The normalized spacial score (nSPS) is 32.8. The van der Waals surface area contributed by atoms with Gasteiger partial charge in [-0.3, -0.25) is 14.3 Å². The van der Waals surface area contributed by atoms with Gasteiger partial charge in [0.2, 0.25) is 0 Å². The number of hydrogen-bond donors (Lipinski definition) is 1. The summed E-state index contributed by atoms with van der Waals surface area (Å²) in [5.74, 6) is 0. The molecule has 4 atom stereocenters. The summed E-state index contributed by atoms with van der Waals surface area (Å²) in [6.07, 6.45) is 0.0349. The van der Waals surface area contributed by atoms with Crippen LogP contribution < -0.4 is 11.2 Å². The molecule has 23 heavy (non-hydrogen) atoms. The van der Waals surface area contributed by atoms with Crippen molar-refractivity contribution in [1.29, 1.82) is 0 Å². The summed E-state index contributed by atoms with van der Waals surface area (Å²) < 4.78 is 24.6. The highest BCUT2D eigenvalue weighted by Gasteiger charge is 2.63. The fourth-order valence-electron chi connectivity index (χ4n) is 3.23. The average Bonchev–Trinajstić information content (AvgIpc) is 2.94. The minimum Gasteiger partial charge on any atom is -0.381 e. The van der Waals surface area contributed by atoms with Gasteiger partial charge in [-0.25, -0.2) is 4.79 Å². The summed E-state index contributed by atoms with van der Waals surface area (Å²) in [6, 6.07) is 0. The third-order valence-corrected chi connectivity index (χ3v) is 4.20. The van der Waals surface area contributed by atoms with Gasteiger partial charge in [-0.2, -0.15) is 0 Å². The highest BCUT2D eigenvalue weighted by Crippen LogP contribution is 2.46. The maximum absolute atomic E-state index is 12.1. The zero-order valence-electron chi connectivity index (χ0n) is 13.7. The van der Waals surface area contributed by atoms with Gasteiger partial charge in [0.25, 0.3) is 5.56 Å². The number of fused-ring (bicyclic) bond motifs is 2.